The van der Waals surface area contributed by atoms with Crippen molar-refractivity contribution in [1.82, 2.24) is 14.5 Å². The third-order valence-corrected chi connectivity index (χ3v) is 8.13. The molecular formula is C29H32F3N5O3. The molecule has 212 valence electrons. The maximum atomic E-state index is 14.8. The highest BCUT2D eigenvalue weighted by atomic mass is 19.4. The van der Waals surface area contributed by atoms with E-state index < -0.39 is 23.3 Å². The van der Waals surface area contributed by atoms with Gasteiger partial charge in [-0.15, -0.1) is 0 Å². The van der Waals surface area contributed by atoms with Crippen LogP contribution in [0.2, 0.25) is 0 Å². The topological polar surface area (TPSA) is 100 Å². The average molecular weight is 556 g/mol. The highest BCUT2D eigenvalue weighted by Gasteiger charge is 2.47. The summed E-state index contributed by atoms with van der Waals surface area (Å²) in [5.74, 6) is -0.713. The summed E-state index contributed by atoms with van der Waals surface area (Å²) < 4.78 is 51.0. The van der Waals surface area contributed by atoms with Crippen LogP contribution in [-0.2, 0) is 18.0 Å². The van der Waals surface area contributed by atoms with Crippen molar-refractivity contribution in [2.75, 3.05) is 25.5 Å². The van der Waals surface area contributed by atoms with Crippen LogP contribution in [0.4, 0.5) is 18.9 Å². The van der Waals surface area contributed by atoms with Crippen LogP contribution in [0.25, 0.3) is 11.0 Å². The number of ether oxygens (including phenoxy) is 1. The van der Waals surface area contributed by atoms with Crippen LogP contribution in [0, 0.1) is 29.1 Å². The number of nitrogens with zero attached hydrogens (tertiary/aromatic N) is 4. The van der Waals surface area contributed by atoms with Gasteiger partial charge in [-0.3, -0.25) is 9.59 Å². The van der Waals surface area contributed by atoms with Crippen molar-refractivity contribution in [2.24, 2.45) is 24.8 Å². The standard InChI is InChI=1S/C29H30F3N5O3.H2/c1-15(2)28(39)37-12-17-5-6-18(13-37)23(17)20-14-36(3)26-24(20)25(29(30,31)32)21(11-34-26)35-27(38)16-7-8-22(40-4)19(9-16)10-33;/h7-9,11,14-15,17-18,23H,5-6,12-13H2,1-4H3,(H,35,38);1H. The number of halogens is 3. The molecule has 1 saturated carbocycles. The number of likely N-dealkylation sites (tertiary alicyclic amines) is 1. The summed E-state index contributed by atoms with van der Waals surface area (Å²) in [6.07, 6.45) is -0.378. The van der Waals surface area contributed by atoms with Gasteiger partial charge in [0.25, 0.3) is 5.91 Å². The first-order valence-electron chi connectivity index (χ1n) is 13.2. The summed E-state index contributed by atoms with van der Waals surface area (Å²) in [4.78, 5) is 31.9. The second-order valence-electron chi connectivity index (χ2n) is 10.9. The first-order valence-corrected chi connectivity index (χ1v) is 13.2. The van der Waals surface area contributed by atoms with Gasteiger partial charge in [0.1, 0.15) is 17.5 Å². The quantitative estimate of drug-likeness (QED) is 0.443. The largest absolute Gasteiger partial charge is 0.495 e. The van der Waals surface area contributed by atoms with E-state index in [-0.39, 0.29) is 58.9 Å². The van der Waals surface area contributed by atoms with Gasteiger partial charge >= 0.3 is 6.18 Å². The lowest BCUT2D eigenvalue weighted by atomic mass is 9.79. The second kappa shape index (κ2) is 10.2. The van der Waals surface area contributed by atoms with E-state index in [0.717, 1.165) is 19.0 Å². The van der Waals surface area contributed by atoms with Gasteiger partial charge < -0.3 is 19.5 Å². The van der Waals surface area contributed by atoms with Crippen LogP contribution < -0.4 is 10.1 Å². The summed E-state index contributed by atoms with van der Waals surface area (Å²) in [7, 11) is 3.04. The molecule has 8 nitrogen and oxygen atoms in total. The Balaban J connectivity index is 0.00000387. The SMILES string of the molecule is COc1ccc(C(=O)Nc2cnc3c(c(C4C5CCC4CN(C(=O)C(C)C)C5)cn3C)c2C(F)(F)F)cc1C#N.[HH]. The molecule has 3 aromatic rings. The number of rotatable bonds is 5. The number of piperidine rings is 1. The highest BCUT2D eigenvalue weighted by Crippen LogP contribution is 2.52. The number of amides is 2. The smallest absolute Gasteiger partial charge is 0.419 e. The third kappa shape index (κ3) is 4.65. The summed E-state index contributed by atoms with van der Waals surface area (Å²) in [5, 5.41) is 11.7. The Morgan fingerprint density at radius 2 is 1.90 bits per heavy atom. The van der Waals surface area contributed by atoms with E-state index in [0.29, 0.717) is 18.7 Å². The number of alkyl halides is 3. The Hall–Kier alpha value is -4.07. The molecular weight excluding hydrogens is 523 g/mol. The zero-order chi connectivity index (χ0) is 28.9. The van der Waals surface area contributed by atoms with Crippen LogP contribution >= 0.6 is 0 Å². The Labute approximate surface area is 231 Å². The molecule has 1 aliphatic heterocycles. The van der Waals surface area contributed by atoms with E-state index >= 15 is 0 Å². The van der Waals surface area contributed by atoms with Crippen molar-refractivity contribution in [3.05, 3.63) is 52.8 Å². The zero-order valence-corrected chi connectivity index (χ0v) is 22.7. The summed E-state index contributed by atoms with van der Waals surface area (Å²) in [6, 6.07) is 5.99. The van der Waals surface area contributed by atoms with Crippen molar-refractivity contribution in [3.8, 4) is 11.8 Å². The van der Waals surface area contributed by atoms with Crippen molar-refractivity contribution in [1.29, 1.82) is 5.26 Å². The number of aromatic nitrogens is 2. The molecule has 11 heteroatoms. The van der Waals surface area contributed by atoms with Crippen LogP contribution in [-0.4, -0.2) is 46.5 Å². The minimum atomic E-state index is -4.79. The first-order chi connectivity index (χ1) is 18.9. The Morgan fingerprint density at radius 1 is 1.23 bits per heavy atom. The molecule has 1 aromatic carbocycles. The lowest BCUT2D eigenvalue weighted by Gasteiger charge is -2.39. The molecule has 1 aliphatic carbocycles. The number of methoxy groups -OCH3 is 1. The number of hydrogen-bond acceptors (Lipinski definition) is 5. The van der Waals surface area contributed by atoms with Crippen LogP contribution in [0.3, 0.4) is 0 Å². The fraction of sp³-hybridized carbons (Fsp3) is 0.448. The number of nitrogens with one attached hydrogen (secondary N) is 1. The number of carbonyl (C=O) groups is 2. The number of nitriles is 1. The molecule has 2 aromatic heterocycles. The maximum absolute atomic E-state index is 14.8. The van der Waals surface area contributed by atoms with Crippen LogP contribution in [0.1, 0.15) is 61.1 Å². The molecule has 2 fully saturated rings. The Morgan fingerprint density at radius 3 is 2.48 bits per heavy atom. The van der Waals surface area contributed by atoms with E-state index in [2.05, 4.69) is 10.3 Å². The average Bonchev–Trinajstić information content (AvgIpc) is 3.37. The molecule has 3 heterocycles. The normalized spacial score (nSPS) is 20.6. The predicted octanol–water partition coefficient (Wildman–Crippen LogP) is 5.58. The molecule has 2 amide bonds. The van der Waals surface area contributed by atoms with Gasteiger partial charge in [-0.2, -0.15) is 18.4 Å². The van der Waals surface area contributed by atoms with Crippen molar-refractivity contribution < 1.29 is 28.9 Å². The zero-order valence-electron chi connectivity index (χ0n) is 22.7. The van der Waals surface area contributed by atoms with Crippen molar-refractivity contribution >= 4 is 28.5 Å². The molecule has 2 aliphatic rings. The molecule has 0 spiro atoms. The van der Waals surface area contributed by atoms with Gasteiger partial charge in [-0.25, -0.2) is 4.98 Å². The van der Waals surface area contributed by atoms with Crippen molar-refractivity contribution in [2.45, 2.75) is 38.8 Å². The third-order valence-electron chi connectivity index (χ3n) is 8.13. The van der Waals surface area contributed by atoms with E-state index in [1.54, 1.807) is 17.8 Å². The lowest BCUT2D eigenvalue weighted by molar-refractivity contribution is -0.137. The monoisotopic (exact) mass is 555 g/mol. The summed E-state index contributed by atoms with van der Waals surface area (Å²) in [6.45, 7) is 4.73. The molecule has 5 rings (SSSR count). The molecule has 2 bridgehead atoms. The first kappa shape index (κ1) is 27.5. The number of anilines is 1. The molecule has 2 atom stereocenters. The van der Waals surface area contributed by atoms with Gasteiger partial charge in [0.15, 0.2) is 0 Å². The number of aryl methyl sites for hydroxylation is 1. The van der Waals surface area contributed by atoms with E-state index in [1.807, 2.05) is 24.8 Å². The van der Waals surface area contributed by atoms with E-state index in [1.165, 1.54) is 25.3 Å². The molecule has 0 radical (unpaired) electrons. The number of hydrogen-bond donors (Lipinski definition) is 1. The highest BCUT2D eigenvalue weighted by molar-refractivity contribution is 6.06. The van der Waals surface area contributed by atoms with Crippen molar-refractivity contribution in [3.63, 3.8) is 0 Å². The van der Waals surface area contributed by atoms with E-state index in [4.69, 9.17) is 4.74 Å². The molecule has 40 heavy (non-hydrogen) atoms. The van der Waals surface area contributed by atoms with Crippen LogP contribution in [0.15, 0.2) is 30.6 Å². The van der Waals surface area contributed by atoms with Gasteiger partial charge in [-0.05, 0) is 54.4 Å². The van der Waals surface area contributed by atoms with Gasteiger partial charge in [-0.1, -0.05) is 13.8 Å². The second-order valence-corrected chi connectivity index (χ2v) is 10.9. The minimum Gasteiger partial charge on any atom is -0.495 e. The summed E-state index contributed by atoms with van der Waals surface area (Å²) in [5.41, 5.74) is -0.575. The van der Waals surface area contributed by atoms with Gasteiger partial charge in [0.05, 0.1) is 30.1 Å². The molecule has 2 unspecified atom stereocenters. The maximum Gasteiger partial charge on any atom is 0.419 e. The van der Waals surface area contributed by atoms with E-state index in [9.17, 15) is 28.0 Å². The Bertz CT molecular complexity index is 1530. The summed E-state index contributed by atoms with van der Waals surface area (Å²) >= 11 is 0. The minimum absolute atomic E-state index is 0. The lowest BCUT2D eigenvalue weighted by Crippen LogP contribution is -2.45. The number of pyridine rings is 1. The number of benzene rings is 1. The van der Waals surface area contributed by atoms with Gasteiger partial charge in [0.2, 0.25) is 5.91 Å². The van der Waals surface area contributed by atoms with Crippen LogP contribution in [0.5, 0.6) is 5.75 Å². The van der Waals surface area contributed by atoms with Gasteiger partial charge in [0, 0.05) is 44.6 Å². The molecule has 1 N–H and O–H groups in total. The Kier molecular flexibility index (Phi) is 6.98. The number of carbonyl (C=O) groups excluding carboxylic acids is 2. The predicted molar refractivity (Wildman–Crippen MR) is 144 cm³/mol. The number of fused-ring (bicyclic) bond motifs is 3. The fourth-order valence-electron chi connectivity index (χ4n) is 6.42. The fourth-order valence-corrected chi connectivity index (χ4v) is 6.42. The molecule has 1 saturated heterocycles.